The maximum absolute atomic E-state index is 4.76. The predicted molar refractivity (Wildman–Crippen MR) is 134 cm³/mol. The Labute approximate surface area is 194 Å². The van der Waals surface area contributed by atoms with Gasteiger partial charge in [0, 0.05) is 41.9 Å². The average Bonchev–Trinajstić information content (AvgIpc) is 3.15. The van der Waals surface area contributed by atoms with E-state index >= 15 is 0 Å². The molecule has 3 aromatic rings. The molecule has 0 amide bonds. The molecule has 3 rings (SSSR count). The number of hydrogen-bond acceptors (Lipinski definition) is 4. The van der Waals surface area contributed by atoms with Crippen LogP contribution < -0.4 is 10.6 Å². The lowest BCUT2D eigenvalue weighted by atomic mass is 9.93. The lowest BCUT2D eigenvalue weighted by Gasteiger charge is -2.14. The zero-order valence-electron chi connectivity index (χ0n) is 17.5. The maximum Gasteiger partial charge on any atom is 0.191 e. The number of pyridine rings is 1. The van der Waals surface area contributed by atoms with Gasteiger partial charge >= 0.3 is 0 Å². The molecule has 0 saturated carbocycles. The largest absolute Gasteiger partial charge is 0.357 e. The summed E-state index contributed by atoms with van der Waals surface area (Å²) >= 11 is 1.73. The quantitative estimate of drug-likeness (QED) is 0.274. The molecule has 0 aliphatic rings. The fourth-order valence-corrected chi connectivity index (χ4v) is 3.88. The molecule has 2 heterocycles. The monoisotopic (exact) mass is 523 g/mol. The Hall–Kier alpha value is -1.74. The van der Waals surface area contributed by atoms with E-state index in [1.165, 1.54) is 5.56 Å². The number of thiazole rings is 1. The highest BCUT2D eigenvalue weighted by Crippen LogP contribution is 2.24. The summed E-state index contributed by atoms with van der Waals surface area (Å²) in [7, 11) is 0. The summed E-state index contributed by atoms with van der Waals surface area (Å²) in [6.45, 7) is 10.9. The highest BCUT2D eigenvalue weighted by atomic mass is 127. The number of nitrogens with one attached hydrogen (secondary N) is 2. The van der Waals surface area contributed by atoms with Gasteiger partial charge in [0.1, 0.15) is 0 Å². The number of aromatic nitrogens is 2. The van der Waals surface area contributed by atoms with Crippen molar-refractivity contribution in [1.82, 2.24) is 20.6 Å². The van der Waals surface area contributed by atoms with Gasteiger partial charge in [0.15, 0.2) is 5.96 Å². The summed E-state index contributed by atoms with van der Waals surface area (Å²) in [5, 5.41) is 11.2. The van der Waals surface area contributed by atoms with E-state index in [4.69, 9.17) is 9.98 Å². The molecule has 29 heavy (non-hydrogen) atoms. The van der Waals surface area contributed by atoms with E-state index in [-0.39, 0.29) is 29.4 Å². The van der Waals surface area contributed by atoms with E-state index in [9.17, 15) is 0 Å². The van der Waals surface area contributed by atoms with E-state index in [1.807, 2.05) is 30.5 Å². The van der Waals surface area contributed by atoms with Gasteiger partial charge in [-0.05, 0) is 24.6 Å². The van der Waals surface area contributed by atoms with Gasteiger partial charge in [-0.3, -0.25) is 4.98 Å². The van der Waals surface area contributed by atoms with Crippen LogP contribution in [0.1, 0.15) is 44.0 Å². The first-order valence-corrected chi connectivity index (χ1v) is 10.6. The zero-order chi connectivity index (χ0) is 20.0. The molecular weight excluding hydrogens is 493 g/mol. The highest BCUT2D eigenvalue weighted by molar-refractivity contribution is 14.0. The fourth-order valence-electron chi connectivity index (χ4n) is 2.86. The zero-order valence-corrected chi connectivity index (χ0v) is 20.7. The van der Waals surface area contributed by atoms with Crippen LogP contribution in [0, 0.1) is 0 Å². The Morgan fingerprint density at radius 1 is 1.14 bits per heavy atom. The fraction of sp³-hybridized carbons (Fsp3) is 0.409. The molecule has 0 unspecified atom stereocenters. The molecular formula is C22H30IN5S. The van der Waals surface area contributed by atoms with Crippen molar-refractivity contribution < 1.29 is 0 Å². The van der Waals surface area contributed by atoms with Crippen molar-refractivity contribution >= 4 is 52.2 Å². The summed E-state index contributed by atoms with van der Waals surface area (Å²) in [5.74, 6) is 0.830. The minimum absolute atomic E-state index is 0. The third-order valence-electron chi connectivity index (χ3n) is 4.44. The van der Waals surface area contributed by atoms with E-state index in [0.29, 0.717) is 6.54 Å². The van der Waals surface area contributed by atoms with Crippen LogP contribution in [-0.4, -0.2) is 29.0 Å². The van der Waals surface area contributed by atoms with E-state index in [1.54, 1.807) is 11.3 Å². The number of rotatable bonds is 6. The van der Waals surface area contributed by atoms with Crippen LogP contribution in [0.2, 0.25) is 0 Å². The second-order valence-corrected chi connectivity index (χ2v) is 8.68. The molecule has 1 aromatic carbocycles. The second-order valence-electron chi connectivity index (χ2n) is 7.74. The number of aliphatic imine (C=N–C) groups is 1. The van der Waals surface area contributed by atoms with Crippen LogP contribution in [0.5, 0.6) is 0 Å². The van der Waals surface area contributed by atoms with Crippen LogP contribution in [0.15, 0.2) is 46.9 Å². The van der Waals surface area contributed by atoms with E-state index < -0.39 is 0 Å². The topological polar surface area (TPSA) is 62.2 Å². The smallest absolute Gasteiger partial charge is 0.191 e. The van der Waals surface area contributed by atoms with Gasteiger partial charge < -0.3 is 10.6 Å². The average molecular weight is 523 g/mol. The SMILES string of the molecule is CCNC(=NCc1ccnc2ccccc12)NCCc1nc(C(C)(C)C)cs1.I. The Balaban J connectivity index is 0.00000300. The molecule has 7 heteroatoms. The lowest BCUT2D eigenvalue weighted by molar-refractivity contribution is 0.570. The van der Waals surface area contributed by atoms with Crippen LogP contribution in [-0.2, 0) is 18.4 Å². The summed E-state index contributed by atoms with van der Waals surface area (Å²) in [4.78, 5) is 13.9. The Morgan fingerprint density at radius 2 is 1.93 bits per heavy atom. The van der Waals surface area contributed by atoms with Gasteiger partial charge in [-0.1, -0.05) is 39.0 Å². The molecule has 0 spiro atoms. The first-order chi connectivity index (χ1) is 13.5. The van der Waals surface area contributed by atoms with Crippen molar-refractivity contribution in [2.24, 2.45) is 4.99 Å². The summed E-state index contributed by atoms with van der Waals surface area (Å²) in [6.07, 6.45) is 2.74. The highest BCUT2D eigenvalue weighted by Gasteiger charge is 2.17. The number of benzene rings is 1. The number of hydrogen-bond donors (Lipinski definition) is 2. The van der Waals surface area contributed by atoms with Crippen LogP contribution in [0.4, 0.5) is 0 Å². The molecule has 2 aromatic heterocycles. The normalized spacial score (nSPS) is 11.9. The van der Waals surface area contributed by atoms with Crippen molar-refractivity contribution in [3.05, 3.63) is 58.2 Å². The summed E-state index contributed by atoms with van der Waals surface area (Å²) in [5.41, 5.74) is 3.45. The van der Waals surface area contributed by atoms with Gasteiger partial charge in [0.25, 0.3) is 0 Å². The summed E-state index contributed by atoms with van der Waals surface area (Å²) in [6, 6.07) is 10.2. The van der Waals surface area contributed by atoms with Crippen LogP contribution in [0.3, 0.4) is 0 Å². The molecule has 5 nitrogen and oxygen atoms in total. The molecule has 0 fully saturated rings. The number of halogens is 1. The standard InChI is InChI=1S/C22H29N5S.HI/c1-5-23-21(25-13-11-20-27-19(15-28-20)22(2,3)4)26-14-16-10-12-24-18-9-7-6-8-17(16)18;/h6-10,12,15H,5,11,13-14H2,1-4H3,(H2,23,25,26);1H. The van der Waals surface area contributed by atoms with Crippen LogP contribution in [0.25, 0.3) is 10.9 Å². The van der Waals surface area contributed by atoms with Gasteiger partial charge in [0.05, 0.1) is 22.8 Å². The van der Waals surface area contributed by atoms with Crippen molar-refractivity contribution in [2.75, 3.05) is 13.1 Å². The first kappa shape index (κ1) is 23.5. The van der Waals surface area contributed by atoms with Gasteiger partial charge in [0.2, 0.25) is 0 Å². The molecule has 0 saturated heterocycles. The van der Waals surface area contributed by atoms with Crippen molar-refractivity contribution in [3.63, 3.8) is 0 Å². The number of nitrogens with zero attached hydrogens (tertiary/aromatic N) is 3. The van der Waals surface area contributed by atoms with Crippen molar-refractivity contribution in [2.45, 2.75) is 46.1 Å². The van der Waals surface area contributed by atoms with E-state index in [0.717, 1.165) is 47.1 Å². The molecule has 156 valence electrons. The third-order valence-corrected chi connectivity index (χ3v) is 5.35. The summed E-state index contributed by atoms with van der Waals surface area (Å²) < 4.78 is 0. The van der Waals surface area contributed by atoms with Gasteiger partial charge in [-0.2, -0.15) is 0 Å². The Morgan fingerprint density at radius 3 is 2.66 bits per heavy atom. The van der Waals surface area contributed by atoms with Crippen LogP contribution >= 0.6 is 35.3 Å². The number of fused-ring (bicyclic) bond motifs is 1. The van der Waals surface area contributed by atoms with Crippen molar-refractivity contribution in [1.29, 1.82) is 0 Å². The molecule has 0 atom stereocenters. The predicted octanol–water partition coefficient (Wildman–Crippen LogP) is 4.90. The molecule has 0 aliphatic heterocycles. The number of para-hydroxylation sites is 1. The maximum atomic E-state index is 4.76. The minimum atomic E-state index is 0. The molecule has 0 bridgehead atoms. The lowest BCUT2D eigenvalue weighted by Crippen LogP contribution is -2.38. The molecule has 0 radical (unpaired) electrons. The molecule has 0 aliphatic carbocycles. The first-order valence-electron chi connectivity index (χ1n) is 9.77. The van der Waals surface area contributed by atoms with E-state index in [2.05, 4.69) is 54.8 Å². The van der Waals surface area contributed by atoms with Gasteiger partial charge in [-0.15, -0.1) is 35.3 Å². The minimum Gasteiger partial charge on any atom is -0.357 e. The Bertz CT molecular complexity index is 940. The molecule has 2 N–H and O–H groups in total. The second kappa shape index (κ2) is 10.9. The Kier molecular flexibility index (Phi) is 8.82. The third kappa shape index (κ3) is 6.64. The number of guanidine groups is 1. The van der Waals surface area contributed by atoms with Crippen molar-refractivity contribution in [3.8, 4) is 0 Å². The van der Waals surface area contributed by atoms with Gasteiger partial charge in [-0.25, -0.2) is 9.98 Å².